The molecule has 208 valence electrons. The minimum Gasteiger partial charge on any atom is -0.0979 e. The van der Waals surface area contributed by atoms with Crippen LogP contribution in [0.5, 0.6) is 0 Å². The van der Waals surface area contributed by atoms with Crippen LogP contribution in [0.4, 0.5) is 0 Å². The van der Waals surface area contributed by atoms with E-state index in [0.717, 1.165) is 48.3 Å². The van der Waals surface area contributed by atoms with Gasteiger partial charge in [0.25, 0.3) is 0 Å². The molecule has 8 bridgehead atoms. The molecule has 7 aliphatic carbocycles. The molecule has 7 fully saturated rings. The molecular formula is C40H48. The predicted octanol–water partition coefficient (Wildman–Crippen LogP) is 9.83. The summed E-state index contributed by atoms with van der Waals surface area (Å²) < 4.78 is 0. The molecule has 0 spiro atoms. The number of rotatable bonds is 8. The third kappa shape index (κ3) is 4.46. The van der Waals surface area contributed by atoms with E-state index in [0.29, 0.717) is 10.8 Å². The number of unbranched alkanes of at least 4 members (excludes halogenated alkanes) is 6. The Morgan fingerprint density at radius 1 is 0.500 bits per heavy atom. The number of hydrogen-bond acceptors (Lipinski definition) is 0. The van der Waals surface area contributed by atoms with Crippen molar-refractivity contribution in [2.75, 3.05) is 0 Å². The lowest BCUT2D eigenvalue weighted by atomic mass is 9.29. The molecule has 9 rings (SSSR count). The lowest BCUT2D eigenvalue weighted by Gasteiger charge is -2.75. The summed E-state index contributed by atoms with van der Waals surface area (Å²) in [6.45, 7) is 4.52. The van der Waals surface area contributed by atoms with Gasteiger partial charge in [-0.15, -0.1) is 0 Å². The molecule has 0 heteroatoms. The fourth-order valence-electron chi connectivity index (χ4n) is 10.7. The van der Waals surface area contributed by atoms with Gasteiger partial charge < -0.3 is 0 Å². The molecule has 2 aromatic rings. The molecule has 40 heavy (non-hydrogen) atoms. The van der Waals surface area contributed by atoms with Crippen LogP contribution in [0.25, 0.3) is 0 Å². The van der Waals surface area contributed by atoms with Crippen molar-refractivity contribution in [3.05, 3.63) is 70.8 Å². The summed E-state index contributed by atoms with van der Waals surface area (Å²) in [5, 5.41) is 0. The summed E-state index contributed by atoms with van der Waals surface area (Å²) in [4.78, 5) is 0. The van der Waals surface area contributed by atoms with E-state index in [4.69, 9.17) is 0 Å². The van der Waals surface area contributed by atoms with Gasteiger partial charge in [-0.05, 0) is 133 Å². The Morgan fingerprint density at radius 3 is 1.12 bits per heavy atom. The molecule has 7 aliphatic rings. The second kappa shape index (κ2) is 10.8. The normalized spacial score (nSPS) is 35.8. The second-order valence-electron chi connectivity index (χ2n) is 14.4. The second-order valence-corrected chi connectivity index (χ2v) is 14.4. The van der Waals surface area contributed by atoms with Crippen LogP contribution in [-0.4, -0.2) is 0 Å². The van der Waals surface area contributed by atoms with E-state index in [1.54, 1.807) is 11.1 Å². The summed E-state index contributed by atoms with van der Waals surface area (Å²) in [5.41, 5.74) is 6.59. The molecular weight excluding hydrogens is 480 g/mol. The highest BCUT2D eigenvalue weighted by Gasteiger charge is 2.70. The van der Waals surface area contributed by atoms with Crippen molar-refractivity contribution >= 4 is 0 Å². The molecule has 0 nitrogen and oxygen atoms in total. The lowest BCUT2D eigenvalue weighted by molar-refractivity contribution is -0.221. The highest BCUT2D eigenvalue weighted by molar-refractivity contribution is 5.43. The fourth-order valence-corrected chi connectivity index (χ4v) is 10.7. The van der Waals surface area contributed by atoms with Gasteiger partial charge in [-0.25, -0.2) is 0 Å². The van der Waals surface area contributed by atoms with Gasteiger partial charge in [0.05, 0.1) is 0 Å². The van der Waals surface area contributed by atoms with Crippen LogP contribution in [0.1, 0.15) is 126 Å². The summed E-state index contributed by atoms with van der Waals surface area (Å²) in [6, 6.07) is 19.2. The molecule has 0 N–H and O–H groups in total. The largest absolute Gasteiger partial charge is 0.0979 e. The standard InChI is InChI=1S/C40H48/c1-3-5-7-9-11-13-29-15-19-31(20-16-29)39-23-33-36-26-40(27-37(33)35(25-39)38(28-40)34(36)24-39)32-21-17-30(18-22-32)14-12-10-8-6-4-2/h15-22,33-38H,3-10,23-28H2,1-2H3. The molecule has 0 atom stereocenters. The van der Waals surface area contributed by atoms with Crippen LogP contribution in [-0.2, 0) is 10.8 Å². The minimum absolute atomic E-state index is 0.450. The molecule has 2 aromatic carbocycles. The lowest BCUT2D eigenvalue weighted by Crippen LogP contribution is -2.69. The fraction of sp³-hybridized carbons (Fsp3) is 0.600. The molecule has 0 radical (unpaired) electrons. The van der Waals surface area contributed by atoms with Gasteiger partial charge in [-0.2, -0.15) is 0 Å². The van der Waals surface area contributed by atoms with Gasteiger partial charge in [0.15, 0.2) is 0 Å². The molecule has 0 unspecified atom stereocenters. The van der Waals surface area contributed by atoms with Gasteiger partial charge in [-0.3, -0.25) is 0 Å². The quantitative estimate of drug-likeness (QED) is 0.236. The highest BCUT2D eigenvalue weighted by Crippen LogP contribution is 2.77. The first-order chi connectivity index (χ1) is 19.6. The first kappa shape index (κ1) is 26.5. The topological polar surface area (TPSA) is 0 Å². The van der Waals surface area contributed by atoms with Gasteiger partial charge >= 0.3 is 0 Å². The molecule has 0 heterocycles. The third-order valence-electron chi connectivity index (χ3n) is 12.3. The number of hydrogen-bond donors (Lipinski definition) is 0. The van der Waals surface area contributed by atoms with E-state index >= 15 is 0 Å². The van der Waals surface area contributed by atoms with Crippen molar-refractivity contribution in [1.82, 2.24) is 0 Å². The van der Waals surface area contributed by atoms with Crippen molar-refractivity contribution < 1.29 is 0 Å². The van der Waals surface area contributed by atoms with Crippen LogP contribution in [0.2, 0.25) is 0 Å². The van der Waals surface area contributed by atoms with E-state index in [-0.39, 0.29) is 0 Å². The molecule has 0 aliphatic heterocycles. The van der Waals surface area contributed by atoms with Crippen molar-refractivity contribution in [2.45, 2.75) is 115 Å². The zero-order valence-corrected chi connectivity index (χ0v) is 25.0. The smallest absolute Gasteiger partial charge is 0.0245 e. The molecule has 0 aromatic heterocycles. The van der Waals surface area contributed by atoms with E-state index in [2.05, 4.69) is 86.1 Å². The minimum atomic E-state index is 0.450. The SMILES string of the molecule is CCCCCC#Cc1ccc(C23CC4C5CC6(c7ccc(C#CCCCCC)cc7)CC4C(C2)C(C6)C5C3)cc1. The van der Waals surface area contributed by atoms with E-state index in [1.165, 1.54) is 88.2 Å². The predicted molar refractivity (Wildman–Crippen MR) is 167 cm³/mol. The van der Waals surface area contributed by atoms with Crippen LogP contribution in [0.15, 0.2) is 48.5 Å². The Bertz CT molecular complexity index is 1150. The summed E-state index contributed by atoms with van der Waals surface area (Å²) in [7, 11) is 0. The first-order valence-electron chi connectivity index (χ1n) is 16.8. The van der Waals surface area contributed by atoms with E-state index < -0.39 is 0 Å². The maximum Gasteiger partial charge on any atom is 0.0245 e. The monoisotopic (exact) mass is 528 g/mol. The van der Waals surface area contributed by atoms with Crippen LogP contribution in [0, 0.1) is 59.2 Å². The van der Waals surface area contributed by atoms with Crippen LogP contribution >= 0.6 is 0 Å². The number of benzene rings is 2. The Balaban J connectivity index is 1.05. The van der Waals surface area contributed by atoms with Gasteiger partial charge in [0.2, 0.25) is 0 Å². The molecule has 7 saturated carbocycles. The average molecular weight is 529 g/mol. The van der Waals surface area contributed by atoms with Gasteiger partial charge in [0.1, 0.15) is 0 Å². The van der Waals surface area contributed by atoms with Gasteiger partial charge in [-0.1, -0.05) is 87.5 Å². The van der Waals surface area contributed by atoms with E-state index in [9.17, 15) is 0 Å². The third-order valence-corrected chi connectivity index (χ3v) is 12.3. The highest BCUT2D eigenvalue weighted by atomic mass is 14.7. The molecule has 0 amide bonds. The average Bonchev–Trinajstić information content (AvgIpc) is 3.00. The Labute approximate surface area is 244 Å². The zero-order chi connectivity index (χ0) is 27.2. The molecule has 0 saturated heterocycles. The maximum absolute atomic E-state index is 3.43. The van der Waals surface area contributed by atoms with Crippen molar-refractivity contribution in [3.63, 3.8) is 0 Å². The summed E-state index contributed by atoms with van der Waals surface area (Å²) in [5.74, 6) is 19.5. The zero-order valence-electron chi connectivity index (χ0n) is 25.0. The van der Waals surface area contributed by atoms with Crippen LogP contribution < -0.4 is 0 Å². The van der Waals surface area contributed by atoms with Crippen molar-refractivity contribution in [2.24, 2.45) is 35.5 Å². The Morgan fingerprint density at radius 2 is 0.825 bits per heavy atom. The van der Waals surface area contributed by atoms with Gasteiger partial charge in [0, 0.05) is 24.0 Å². The van der Waals surface area contributed by atoms with Crippen molar-refractivity contribution in [3.8, 4) is 23.7 Å². The van der Waals surface area contributed by atoms with E-state index in [1.807, 2.05) is 0 Å². The van der Waals surface area contributed by atoms with Crippen LogP contribution in [0.3, 0.4) is 0 Å². The van der Waals surface area contributed by atoms with Crippen molar-refractivity contribution in [1.29, 1.82) is 0 Å². The first-order valence-corrected chi connectivity index (χ1v) is 16.8. The summed E-state index contributed by atoms with van der Waals surface area (Å²) in [6.07, 6.45) is 18.4. The Hall–Kier alpha value is -2.44. The maximum atomic E-state index is 3.43. The summed E-state index contributed by atoms with van der Waals surface area (Å²) >= 11 is 0. The Kier molecular flexibility index (Phi) is 7.11.